The molecule has 5 nitrogen and oxygen atoms in total. The normalized spacial score (nSPS) is 18.3. The minimum atomic E-state index is -3.55. The van der Waals surface area contributed by atoms with E-state index in [1.54, 1.807) is 18.5 Å². The molecule has 1 N–H and O–H groups in total. The van der Waals surface area contributed by atoms with Gasteiger partial charge in [-0.05, 0) is 19.1 Å². The quantitative estimate of drug-likeness (QED) is 0.879. The zero-order valence-corrected chi connectivity index (χ0v) is 15.1. The van der Waals surface area contributed by atoms with Gasteiger partial charge < -0.3 is 5.32 Å². The molecule has 9 heteroatoms. The number of hydrogen-bond donors (Lipinski definition) is 1. The Bertz CT molecular complexity index is 953. The van der Waals surface area contributed by atoms with Crippen LogP contribution in [0.3, 0.4) is 0 Å². The molecule has 1 atom stereocenters. The topological polar surface area (TPSA) is 71.4 Å². The van der Waals surface area contributed by atoms with Gasteiger partial charge in [-0.15, -0.1) is 11.3 Å². The van der Waals surface area contributed by atoms with Crippen LogP contribution in [0.2, 0.25) is 5.02 Å². The predicted octanol–water partition coefficient (Wildman–Crippen LogP) is 3.30. The van der Waals surface area contributed by atoms with Gasteiger partial charge in [0.25, 0.3) is 0 Å². The smallest absolute Gasteiger partial charge is 0.175 e. The number of nitrogens with one attached hydrogen (secondary N) is 1. The fourth-order valence-corrected chi connectivity index (χ4v) is 4.58. The van der Waals surface area contributed by atoms with Crippen LogP contribution in [0.5, 0.6) is 0 Å². The molecule has 0 radical (unpaired) electrons. The monoisotopic (exact) mass is 385 g/mol. The summed E-state index contributed by atoms with van der Waals surface area (Å²) in [6.45, 7) is 1.66. The van der Waals surface area contributed by atoms with Gasteiger partial charge >= 0.3 is 0 Å². The molecule has 0 saturated heterocycles. The van der Waals surface area contributed by atoms with Crippen LogP contribution in [0.4, 0.5) is 4.39 Å². The van der Waals surface area contributed by atoms with E-state index in [2.05, 4.69) is 15.3 Å². The van der Waals surface area contributed by atoms with Crippen molar-refractivity contribution in [1.29, 1.82) is 0 Å². The highest BCUT2D eigenvalue weighted by Crippen LogP contribution is 2.38. The van der Waals surface area contributed by atoms with Crippen LogP contribution in [-0.2, 0) is 9.84 Å². The third kappa shape index (κ3) is 3.22. The number of benzene rings is 1. The van der Waals surface area contributed by atoms with Gasteiger partial charge in [-0.2, -0.15) is 0 Å². The van der Waals surface area contributed by atoms with Gasteiger partial charge in [0.05, 0.1) is 4.91 Å². The van der Waals surface area contributed by atoms with E-state index >= 15 is 0 Å². The number of amidine groups is 1. The van der Waals surface area contributed by atoms with Crippen molar-refractivity contribution in [1.82, 2.24) is 10.3 Å². The van der Waals surface area contributed by atoms with Crippen LogP contribution in [0, 0.1) is 5.82 Å². The van der Waals surface area contributed by atoms with Crippen molar-refractivity contribution in [3.8, 4) is 0 Å². The molecular formula is C15H13ClFN3O2S2. The van der Waals surface area contributed by atoms with E-state index in [0.29, 0.717) is 22.1 Å². The number of aromatic nitrogens is 1. The van der Waals surface area contributed by atoms with E-state index in [9.17, 15) is 12.8 Å². The molecule has 1 unspecified atom stereocenters. The van der Waals surface area contributed by atoms with Gasteiger partial charge in [-0.3, -0.25) is 4.99 Å². The summed E-state index contributed by atoms with van der Waals surface area (Å²) in [5.74, 6) is -0.0382. The second-order valence-corrected chi connectivity index (χ2v) is 8.56. The van der Waals surface area contributed by atoms with Crippen LogP contribution >= 0.6 is 22.9 Å². The summed E-state index contributed by atoms with van der Waals surface area (Å²) < 4.78 is 37.9. The summed E-state index contributed by atoms with van der Waals surface area (Å²) in [6.07, 6.45) is 2.75. The van der Waals surface area contributed by atoms with Crippen LogP contribution in [0.15, 0.2) is 45.4 Å². The van der Waals surface area contributed by atoms with Crippen LogP contribution in [0.1, 0.15) is 23.5 Å². The van der Waals surface area contributed by atoms with Gasteiger partial charge in [-0.1, -0.05) is 17.7 Å². The standard InChI is InChI=1S/C15H13ClFN3O2S2/c1-8-13(24(2,21)22)12(10-4-3-9(17)7-11(10)16)20-14(19-8)15-18-5-6-23-15/h3-7,12H,1-2H3,(H,19,20). The molecule has 0 aliphatic carbocycles. The Morgan fingerprint density at radius 3 is 2.71 bits per heavy atom. The van der Waals surface area contributed by atoms with Crippen molar-refractivity contribution in [2.75, 3.05) is 6.26 Å². The lowest BCUT2D eigenvalue weighted by Gasteiger charge is -2.26. The number of halogens is 2. The van der Waals surface area contributed by atoms with Gasteiger partial charge in [0.15, 0.2) is 20.7 Å². The highest BCUT2D eigenvalue weighted by molar-refractivity contribution is 7.94. The first-order valence-electron chi connectivity index (χ1n) is 6.88. The van der Waals surface area contributed by atoms with E-state index < -0.39 is 21.7 Å². The second-order valence-electron chi connectivity index (χ2n) is 5.27. The Morgan fingerprint density at radius 2 is 2.12 bits per heavy atom. The summed E-state index contributed by atoms with van der Waals surface area (Å²) in [5.41, 5.74) is 0.872. The van der Waals surface area contributed by atoms with Gasteiger partial charge in [-0.25, -0.2) is 17.8 Å². The lowest BCUT2D eigenvalue weighted by molar-refractivity contribution is 0.601. The summed E-state index contributed by atoms with van der Waals surface area (Å²) >= 11 is 7.51. The highest BCUT2D eigenvalue weighted by Gasteiger charge is 2.32. The Kier molecular flexibility index (Phi) is 4.46. The molecule has 0 bridgehead atoms. The first-order chi connectivity index (χ1) is 11.3. The number of sulfone groups is 1. The third-order valence-corrected chi connectivity index (χ3v) is 5.91. The Hall–Kier alpha value is -1.77. The zero-order valence-electron chi connectivity index (χ0n) is 12.7. The minimum Gasteiger partial charge on any atom is -0.341 e. The Balaban J connectivity index is 2.20. The van der Waals surface area contributed by atoms with E-state index in [1.165, 1.54) is 23.5 Å². The second kappa shape index (κ2) is 6.27. The molecule has 24 heavy (non-hydrogen) atoms. The van der Waals surface area contributed by atoms with Crippen molar-refractivity contribution in [2.24, 2.45) is 4.99 Å². The number of hydrogen-bond acceptors (Lipinski definition) is 6. The van der Waals surface area contributed by atoms with Gasteiger partial charge in [0.1, 0.15) is 11.9 Å². The van der Waals surface area contributed by atoms with Crippen molar-refractivity contribution in [3.05, 3.63) is 61.8 Å². The van der Waals surface area contributed by atoms with Crippen LogP contribution < -0.4 is 5.32 Å². The summed E-state index contributed by atoms with van der Waals surface area (Å²) in [5, 5.41) is 5.54. The van der Waals surface area contributed by atoms with Gasteiger partial charge in [0, 0.05) is 34.1 Å². The average Bonchev–Trinajstić information content (AvgIpc) is 2.99. The molecule has 2 aromatic rings. The SMILES string of the molecule is CC1=C(S(C)(=O)=O)C(c2ccc(F)cc2Cl)N=C(c2nccs2)N1. The van der Waals surface area contributed by atoms with E-state index in [-0.39, 0.29) is 9.93 Å². The van der Waals surface area contributed by atoms with E-state index in [4.69, 9.17) is 11.6 Å². The summed E-state index contributed by atoms with van der Waals surface area (Å²) in [6, 6.07) is 2.98. The molecule has 2 heterocycles. The highest BCUT2D eigenvalue weighted by atomic mass is 35.5. The summed E-state index contributed by atoms with van der Waals surface area (Å²) in [4.78, 5) is 8.79. The molecule has 1 aliphatic heterocycles. The molecule has 3 rings (SSSR count). The molecule has 0 saturated carbocycles. The predicted molar refractivity (Wildman–Crippen MR) is 93.5 cm³/mol. The first-order valence-corrected chi connectivity index (χ1v) is 10.0. The molecule has 0 amide bonds. The number of aliphatic imine (C=N–C) groups is 1. The van der Waals surface area contributed by atoms with Crippen molar-refractivity contribution < 1.29 is 12.8 Å². The average molecular weight is 386 g/mol. The third-order valence-electron chi connectivity index (χ3n) is 3.47. The maximum Gasteiger partial charge on any atom is 0.175 e. The Morgan fingerprint density at radius 1 is 1.38 bits per heavy atom. The zero-order chi connectivity index (χ0) is 17.5. The van der Waals surface area contributed by atoms with E-state index in [1.807, 2.05) is 0 Å². The van der Waals surface area contributed by atoms with E-state index in [0.717, 1.165) is 12.3 Å². The first kappa shape index (κ1) is 17.1. The maximum atomic E-state index is 13.4. The lowest BCUT2D eigenvalue weighted by atomic mass is 10.0. The van der Waals surface area contributed by atoms with Crippen molar-refractivity contribution in [2.45, 2.75) is 13.0 Å². The molecule has 126 valence electrons. The number of rotatable bonds is 3. The molecule has 1 aliphatic rings. The Labute approximate surface area is 147 Å². The number of nitrogens with zero attached hydrogens (tertiary/aromatic N) is 2. The summed E-state index contributed by atoms with van der Waals surface area (Å²) in [7, 11) is -3.55. The van der Waals surface area contributed by atoms with Crippen molar-refractivity contribution >= 4 is 38.6 Å². The van der Waals surface area contributed by atoms with Crippen LogP contribution in [0.25, 0.3) is 0 Å². The number of thiazole rings is 1. The molecule has 1 aromatic carbocycles. The van der Waals surface area contributed by atoms with Gasteiger partial charge in [0.2, 0.25) is 0 Å². The minimum absolute atomic E-state index is 0.108. The molecule has 1 aromatic heterocycles. The lowest BCUT2D eigenvalue weighted by Crippen LogP contribution is -2.32. The fourth-order valence-electron chi connectivity index (χ4n) is 2.53. The fraction of sp³-hybridized carbons (Fsp3) is 0.200. The molecule has 0 spiro atoms. The molecule has 0 fully saturated rings. The number of allylic oxidation sites excluding steroid dienone is 1. The molecular weight excluding hydrogens is 373 g/mol. The largest absolute Gasteiger partial charge is 0.341 e. The maximum absolute atomic E-state index is 13.4. The van der Waals surface area contributed by atoms with Crippen molar-refractivity contribution in [3.63, 3.8) is 0 Å². The van der Waals surface area contributed by atoms with Crippen LogP contribution in [-0.4, -0.2) is 25.5 Å².